The molecule has 3 rings (SSSR count). The highest BCUT2D eigenvalue weighted by Crippen LogP contribution is 2.24. The zero-order valence-electron chi connectivity index (χ0n) is 11.8. The third-order valence-corrected chi connectivity index (χ3v) is 3.16. The first-order valence-electron chi connectivity index (χ1n) is 6.59. The molecule has 110 valence electrons. The molecular weight excluding hydrogens is 282 g/mol. The molecule has 0 saturated carbocycles. The van der Waals surface area contributed by atoms with Gasteiger partial charge in [-0.1, -0.05) is 17.7 Å². The molecule has 0 aliphatic rings. The van der Waals surface area contributed by atoms with Crippen LogP contribution < -0.4 is 5.90 Å². The molecule has 0 unspecified atom stereocenters. The maximum absolute atomic E-state index is 11.3. The minimum Gasteiger partial charge on any atom is -0.416 e. The van der Waals surface area contributed by atoms with E-state index < -0.39 is 5.97 Å². The Morgan fingerprint density at radius 2 is 1.73 bits per heavy atom. The van der Waals surface area contributed by atoms with Crippen molar-refractivity contribution in [2.75, 3.05) is 0 Å². The van der Waals surface area contributed by atoms with Crippen molar-refractivity contribution in [3.05, 3.63) is 59.7 Å². The number of nitrogens with two attached hydrogens (primary N) is 1. The highest BCUT2D eigenvalue weighted by atomic mass is 16.7. The predicted molar refractivity (Wildman–Crippen MR) is 79.5 cm³/mol. The molecule has 6 heteroatoms. The summed E-state index contributed by atoms with van der Waals surface area (Å²) in [6.07, 6.45) is 0. The quantitative estimate of drug-likeness (QED) is 0.747. The van der Waals surface area contributed by atoms with Crippen LogP contribution in [0.5, 0.6) is 0 Å². The summed E-state index contributed by atoms with van der Waals surface area (Å²) in [5, 5.41) is 8.08. The maximum atomic E-state index is 11.3. The second kappa shape index (κ2) is 5.79. The van der Waals surface area contributed by atoms with Gasteiger partial charge >= 0.3 is 5.97 Å². The summed E-state index contributed by atoms with van der Waals surface area (Å²) in [6, 6.07) is 14.4. The largest absolute Gasteiger partial charge is 0.416 e. The van der Waals surface area contributed by atoms with Gasteiger partial charge in [-0.05, 0) is 43.3 Å². The molecule has 0 amide bonds. The fourth-order valence-electron chi connectivity index (χ4n) is 2.05. The van der Waals surface area contributed by atoms with Crippen molar-refractivity contribution in [1.29, 1.82) is 0 Å². The second-order valence-electron chi connectivity index (χ2n) is 4.76. The second-order valence-corrected chi connectivity index (χ2v) is 4.76. The van der Waals surface area contributed by atoms with Crippen LogP contribution in [0.2, 0.25) is 0 Å². The minimum atomic E-state index is -0.600. The van der Waals surface area contributed by atoms with Crippen molar-refractivity contribution in [3.8, 4) is 22.9 Å². The van der Waals surface area contributed by atoms with Crippen molar-refractivity contribution in [2.45, 2.75) is 6.92 Å². The molecule has 0 bridgehead atoms. The van der Waals surface area contributed by atoms with E-state index in [0.29, 0.717) is 22.9 Å². The SMILES string of the molecule is Cc1cccc(-c2nnc(-c3ccc(C(=O)ON)cc3)o2)c1. The van der Waals surface area contributed by atoms with Crippen molar-refractivity contribution >= 4 is 5.97 Å². The molecule has 0 fully saturated rings. The van der Waals surface area contributed by atoms with Crippen molar-refractivity contribution in [1.82, 2.24) is 10.2 Å². The topological polar surface area (TPSA) is 91.2 Å². The molecule has 6 nitrogen and oxygen atoms in total. The zero-order valence-corrected chi connectivity index (χ0v) is 11.8. The van der Waals surface area contributed by atoms with Crippen LogP contribution in [-0.4, -0.2) is 16.2 Å². The molecule has 3 aromatic rings. The Labute approximate surface area is 126 Å². The van der Waals surface area contributed by atoms with E-state index >= 15 is 0 Å². The average molecular weight is 295 g/mol. The molecule has 0 aliphatic carbocycles. The molecule has 22 heavy (non-hydrogen) atoms. The molecule has 2 N–H and O–H groups in total. The molecule has 0 atom stereocenters. The summed E-state index contributed by atoms with van der Waals surface area (Å²) in [4.78, 5) is 15.4. The molecule has 1 aromatic heterocycles. The summed E-state index contributed by atoms with van der Waals surface area (Å²) in [6.45, 7) is 2.00. The monoisotopic (exact) mass is 295 g/mol. The number of rotatable bonds is 3. The first-order valence-corrected chi connectivity index (χ1v) is 6.59. The molecular formula is C16H13N3O3. The third-order valence-electron chi connectivity index (χ3n) is 3.16. The molecule has 2 aromatic carbocycles. The fraction of sp³-hybridized carbons (Fsp3) is 0.0625. The lowest BCUT2D eigenvalue weighted by molar-refractivity contribution is 0.0503. The number of hydrogen-bond acceptors (Lipinski definition) is 6. The van der Waals surface area contributed by atoms with Crippen LogP contribution >= 0.6 is 0 Å². The van der Waals surface area contributed by atoms with E-state index in [1.165, 1.54) is 0 Å². The first-order chi connectivity index (χ1) is 10.7. The lowest BCUT2D eigenvalue weighted by Crippen LogP contribution is -2.09. The van der Waals surface area contributed by atoms with E-state index in [2.05, 4.69) is 15.0 Å². The Hall–Kier alpha value is -2.99. The average Bonchev–Trinajstić information content (AvgIpc) is 3.04. The summed E-state index contributed by atoms with van der Waals surface area (Å²) in [5.74, 6) is 5.07. The van der Waals surface area contributed by atoms with Crippen molar-refractivity contribution < 1.29 is 14.0 Å². The Balaban J connectivity index is 1.89. The van der Waals surface area contributed by atoms with Crippen molar-refractivity contribution in [3.63, 3.8) is 0 Å². The maximum Gasteiger partial charge on any atom is 0.356 e. The molecule has 0 radical (unpaired) electrons. The number of nitrogens with zero attached hydrogens (tertiary/aromatic N) is 2. The highest BCUT2D eigenvalue weighted by Gasteiger charge is 2.12. The Bertz CT molecular complexity index is 810. The van der Waals surface area contributed by atoms with Crippen LogP contribution in [0.15, 0.2) is 52.9 Å². The van der Waals surface area contributed by atoms with E-state index in [1.807, 2.05) is 31.2 Å². The van der Waals surface area contributed by atoms with Gasteiger partial charge in [-0.25, -0.2) is 4.79 Å². The molecule has 0 aliphatic heterocycles. The van der Waals surface area contributed by atoms with Gasteiger partial charge in [0.1, 0.15) is 0 Å². The van der Waals surface area contributed by atoms with Crippen LogP contribution in [0.1, 0.15) is 15.9 Å². The fourth-order valence-corrected chi connectivity index (χ4v) is 2.05. The summed E-state index contributed by atoms with van der Waals surface area (Å²) in [5.41, 5.74) is 3.04. The smallest absolute Gasteiger partial charge is 0.356 e. The Morgan fingerprint density at radius 1 is 1.05 bits per heavy atom. The lowest BCUT2D eigenvalue weighted by Gasteiger charge is -1.99. The lowest BCUT2D eigenvalue weighted by atomic mass is 10.1. The Morgan fingerprint density at radius 3 is 2.36 bits per heavy atom. The van der Waals surface area contributed by atoms with Crippen LogP contribution in [0.3, 0.4) is 0 Å². The van der Waals surface area contributed by atoms with E-state index in [0.717, 1.165) is 11.1 Å². The molecule has 1 heterocycles. The predicted octanol–water partition coefficient (Wildman–Crippen LogP) is 2.74. The van der Waals surface area contributed by atoms with Gasteiger partial charge in [0.25, 0.3) is 0 Å². The number of carbonyl (C=O) groups excluding carboxylic acids is 1. The first kappa shape index (κ1) is 14.0. The van der Waals surface area contributed by atoms with Crippen LogP contribution in [0.4, 0.5) is 0 Å². The van der Waals surface area contributed by atoms with Gasteiger partial charge in [-0.3, -0.25) is 0 Å². The van der Waals surface area contributed by atoms with Gasteiger partial charge in [-0.2, -0.15) is 5.90 Å². The van der Waals surface area contributed by atoms with Gasteiger partial charge in [0.15, 0.2) is 0 Å². The summed E-state index contributed by atoms with van der Waals surface area (Å²) < 4.78 is 5.67. The Kier molecular flexibility index (Phi) is 3.67. The van der Waals surface area contributed by atoms with E-state index in [1.54, 1.807) is 24.3 Å². The van der Waals surface area contributed by atoms with Crippen LogP contribution in [0.25, 0.3) is 22.9 Å². The number of carbonyl (C=O) groups is 1. The van der Waals surface area contributed by atoms with E-state index in [9.17, 15) is 4.79 Å². The van der Waals surface area contributed by atoms with Crippen molar-refractivity contribution in [2.24, 2.45) is 5.90 Å². The summed E-state index contributed by atoms with van der Waals surface area (Å²) >= 11 is 0. The zero-order chi connectivity index (χ0) is 15.5. The minimum absolute atomic E-state index is 0.352. The van der Waals surface area contributed by atoms with Crippen LogP contribution in [0, 0.1) is 6.92 Å². The number of hydrogen-bond donors (Lipinski definition) is 1. The molecule has 0 saturated heterocycles. The van der Waals surface area contributed by atoms with E-state index in [-0.39, 0.29) is 0 Å². The summed E-state index contributed by atoms with van der Waals surface area (Å²) in [7, 11) is 0. The van der Waals surface area contributed by atoms with Gasteiger partial charge in [-0.15, -0.1) is 10.2 Å². The van der Waals surface area contributed by atoms with Gasteiger partial charge in [0, 0.05) is 11.1 Å². The number of aryl methyl sites for hydroxylation is 1. The van der Waals surface area contributed by atoms with Gasteiger partial charge in [0.2, 0.25) is 11.8 Å². The third kappa shape index (κ3) is 2.72. The van der Waals surface area contributed by atoms with E-state index in [4.69, 9.17) is 10.3 Å². The normalized spacial score (nSPS) is 10.5. The number of benzene rings is 2. The standard InChI is InChI=1S/C16H13N3O3/c1-10-3-2-4-13(9-10)15-19-18-14(21-15)11-5-7-12(8-6-11)16(20)22-17/h2-9H,17H2,1H3. The molecule has 0 spiro atoms. The highest BCUT2D eigenvalue weighted by molar-refractivity contribution is 5.89. The van der Waals surface area contributed by atoms with Crippen LogP contribution in [-0.2, 0) is 4.84 Å². The van der Waals surface area contributed by atoms with Gasteiger partial charge < -0.3 is 9.25 Å². The number of aromatic nitrogens is 2. The van der Waals surface area contributed by atoms with Gasteiger partial charge in [0.05, 0.1) is 5.56 Å².